The zero-order chi connectivity index (χ0) is 13.7. The van der Waals surface area contributed by atoms with E-state index in [1.54, 1.807) is 12.1 Å². The van der Waals surface area contributed by atoms with Gasteiger partial charge in [0.1, 0.15) is 0 Å². The van der Waals surface area contributed by atoms with Gasteiger partial charge in [-0.25, -0.2) is 0 Å². The normalized spacial score (nSPS) is 15.2. The maximum Gasteiger partial charge on any atom is 0.227 e. The summed E-state index contributed by atoms with van der Waals surface area (Å²) in [5.41, 5.74) is 1.62. The molecule has 1 aromatic rings. The van der Waals surface area contributed by atoms with E-state index in [0.717, 1.165) is 24.9 Å². The second kappa shape index (κ2) is 6.38. The van der Waals surface area contributed by atoms with E-state index >= 15 is 0 Å². The molecule has 1 aliphatic rings. The minimum Gasteiger partial charge on any atom is -0.340 e. The van der Waals surface area contributed by atoms with Gasteiger partial charge in [-0.05, 0) is 37.5 Å². The van der Waals surface area contributed by atoms with Gasteiger partial charge in [-0.15, -0.1) is 0 Å². The van der Waals surface area contributed by atoms with Crippen LogP contribution in [0.15, 0.2) is 24.3 Å². The van der Waals surface area contributed by atoms with Crippen LogP contribution in [0.2, 0.25) is 0 Å². The van der Waals surface area contributed by atoms with E-state index in [-0.39, 0.29) is 5.91 Å². The molecule has 0 radical (unpaired) electrons. The second-order valence-electron chi connectivity index (χ2n) is 5.10. The average molecular weight is 256 g/mol. The summed E-state index contributed by atoms with van der Waals surface area (Å²) in [6.45, 7) is 2.84. The summed E-state index contributed by atoms with van der Waals surface area (Å²) in [5, 5.41) is 8.76. The van der Waals surface area contributed by atoms with Gasteiger partial charge in [-0.3, -0.25) is 4.79 Å². The summed E-state index contributed by atoms with van der Waals surface area (Å²) >= 11 is 0. The van der Waals surface area contributed by atoms with Crippen LogP contribution in [-0.4, -0.2) is 23.4 Å². The molecular weight excluding hydrogens is 236 g/mol. The molecule has 0 aromatic heterocycles. The fourth-order valence-corrected chi connectivity index (χ4v) is 2.83. The Labute approximate surface area is 114 Å². The van der Waals surface area contributed by atoms with Crippen LogP contribution in [0.4, 0.5) is 0 Å². The van der Waals surface area contributed by atoms with E-state index < -0.39 is 0 Å². The van der Waals surface area contributed by atoms with E-state index in [9.17, 15) is 4.79 Å². The van der Waals surface area contributed by atoms with Crippen molar-refractivity contribution in [1.82, 2.24) is 4.90 Å². The molecule has 1 fully saturated rings. The molecular formula is C16H20N2O. The van der Waals surface area contributed by atoms with Gasteiger partial charge in [0.15, 0.2) is 0 Å². The van der Waals surface area contributed by atoms with E-state index in [1.165, 1.54) is 12.8 Å². The predicted octanol–water partition coefficient (Wildman–Crippen LogP) is 2.89. The number of carbonyl (C=O) groups excluding carboxylic acids is 1. The third kappa shape index (κ3) is 3.35. The standard InChI is InChI=1S/C16H20N2O/c1-2-18(15-5-3-4-6-15)16(19)11-13-7-9-14(12-17)10-8-13/h7-10,15H,2-6,11H2,1H3. The first-order chi connectivity index (χ1) is 9.24. The number of likely N-dealkylation sites (N-methyl/N-ethyl adjacent to an activating group) is 1. The number of hydrogen-bond acceptors (Lipinski definition) is 2. The Morgan fingerprint density at radius 2 is 1.95 bits per heavy atom. The summed E-state index contributed by atoms with van der Waals surface area (Å²) in [4.78, 5) is 14.4. The van der Waals surface area contributed by atoms with E-state index in [2.05, 4.69) is 13.0 Å². The lowest BCUT2D eigenvalue weighted by atomic mass is 10.1. The van der Waals surface area contributed by atoms with Gasteiger partial charge < -0.3 is 4.90 Å². The molecule has 19 heavy (non-hydrogen) atoms. The summed E-state index contributed by atoms with van der Waals surface area (Å²) < 4.78 is 0. The molecule has 100 valence electrons. The first-order valence-electron chi connectivity index (χ1n) is 7.03. The number of nitrogens with zero attached hydrogens (tertiary/aromatic N) is 2. The van der Waals surface area contributed by atoms with Crippen molar-refractivity contribution in [3.63, 3.8) is 0 Å². The highest BCUT2D eigenvalue weighted by molar-refractivity contribution is 5.79. The molecule has 1 amide bonds. The van der Waals surface area contributed by atoms with Crippen molar-refractivity contribution in [2.75, 3.05) is 6.54 Å². The third-order valence-electron chi connectivity index (χ3n) is 3.86. The van der Waals surface area contributed by atoms with Crippen LogP contribution in [0.25, 0.3) is 0 Å². The fraction of sp³-hybridized carbons (Fsp3) is 0.500. The monoisotopic (exact) mass is 256 g/mol. The van der Waals surface area contributed by atoms with E-state index in [1.807, 2.05) is 17.0 Å². The number of benzene rings is 1. The van der Waals surface area contributed by atoms with Crippen LogP contribution in [0.3, 0.4) is 0 Å². The van der Waals surface area contributed by atoms with Gasteiger partial charge in [-0.1, -0.05) is 25.0 Å². The van der Waals surface area contributed by atoms with Crippen molar-refractivity contribution in [2.45, 2.75) is 45.1 Å². The number of rotatable bonds is 4. The third-order valence-corrected chi connectivity index (χ3v) is 3.86. The SMILES string of the molecule is CCN(C(=O)Cc1ccc(C#N)cc1)C1CCCC1. The van der Waals surface area contributed by atoms with Gasteiger partial charge in [0.05, 0.1) is 18.1 Å². The maximum absolute atomic E-state index is 12.3. The van der Waals surface area contributed by atoms with Crippen molar-refractivity contribution in [3.05, 3.63) is 35.4 Å². The maximum atomic E-state index is 12.3. The molecule has 0 bridgehead atoms. The smallest absolute Gasteiger partial charge is 0.227 e. The van der Waals surface area contributed by atoms with Gasteiger partial charge in [-0.2, -0.15) is 5.26 Å². The first-order valence-corrected chi connectivity index (χ1v) is 7.03. The summed E-state index contributed by atoms with van der Waals surface area (Å²) in [5.74, 6) is 0.208. The highest BCUT2D eigenvalue weighted by Crippen LogP contribution is 2.24. The Morgan fingerprint density at radius 1 is 1.32 bits per heavy atom. The molecule has 0 saturated heterocycles. The van der Waals surface area contributed by atoms with E-state index in [4.69, 9.17) is 5.26 Å². The van der Waals surface area contributed by atoms with Crippen LogP contribution in [0.5, 0.6) is 0 Å². The zero-order valence-corrected chi connectivity index (χ0v) is 11.4. The predicted molar refractivity (Wildman–Crippen MR) is 74.5 cm³/mol. The highest BCUT2D eigenvalue weighted by Gasteiger charge is 2.25. The van der Waals surface area contributed by atoms with Crippen LogP contribution in [0.1, 0.15) is 43.7 Å². The molecule has 1 saturated carbocycles. The van der Waals surface area contributed by atoms with E-state index in [0.29, 0.717) is 18.0 Å². The molecule has 0 heterocycles. The van der Waals surface area contributed by atoms with Crippen molar-refractivity contribution in [1.29, 1.82) is 5.26 Å². The zero-order valence-electron chi connectivity index (χ0n) is 11.4. The van der Waals surface area contributed by atoms with Crippen LogP contribution in [0, 0.1) is 11.3 Å². The minimum absolute atomic E-state index is 0.208. The number of nitriles is 1. The average Bonchev–Trinajstić information content (AvgIpc) is 2.94. The Bertz CT molecular complexity index is 467. The molecule has 0 spiro atoms. The van der Waals surface area contributed by atoms with Crippen LogP contribution < -0.4 is 0 Å². The Kier molecular flexibility index (Phi) is 4.57. The lowest BCUT2D eigenvalue weighted by Gasteiger charge is -2.27. The molecule has 0 unspecified atom stereocenters. The molecule has 3 nitrogen and oxygen atoms in total. The molecule has 2 rings (SSSR count). The van der Waals surface area contributed by atoms with Crippen molar-refractivity contribution in [3.8, 4) is 6.07 Å². The number of carbonyl (C=O) groups is 1. The second-order valence-corrected chi connectivity index (χ2v) is 5.10. The van der Waals surface area contributed by atoms with Crippen molar-refractivity contribution >= 4 is 5.91 Å². The van der Waals surface area contributed by atoms with Crippen molar-refractivity contribution in [2.24, 2.45) is 0 Å². The number of amides is 1. The molecule has 0 aliphatic heterocycles. The lowest BCUT2D eigenvalue weighted by molar-refractivity contribution is -0.132. The molecule has 1 aliphatic carbocycles. The minimum atomic E-state index is 0.208. The molecule has 0 N–H and O–H groups in total. The topological polar surface area (TPSA) is 44.1 Å². The van der Waals surface area contributed by atoms with Gasteiger partial charge in [0, 0.05) is 12.6 Å². The fourth-order valence-electron chi connectivity index (χ4n) is 2.83. The molecule has 1 aromatic carbocycles. The lowest BCUT2D eigenvalue weighted by Crippen LogP contribution is -2.39. The van der Waals surface area contributed by atoms with Crippen LogP contribution >= 0.6 is 0 Å². The highest BCUT2D eigenvalue weighted by atomic mass is 16.2. The van der Waals surface area contributed by atoms with Gasteiger partial charge in [0.2, 0.25) is 5.91 Å². The quantitative estimate of drug-likeness (QED) is 0.831. The molecule has 3 heteroatoms. The van der Waals surface area contributed by atoms with Gasteiger partial charge >= 0.3 is 0 Å². The largest absolute Gasteiger partial charge is 0.340 e. The summed E-state index contributed by atoms with van der Waals surface area (Å²) in [6, 6.07) is 9.82. The Morgan fingerprint density at radius 3 is 2.47 bits per heavy atom. The number of hydrogen-bond donors (Lipinski definition) is 0. The van der Waals surface area contributed by atoms with Crippen molar-refractivity contribution < 1.29 is 4.79 Å². The van der Waals surface area contributed by atoms with Crippen LogP contribution in [-0.2, 0) is 11.2 Å². The summed E-state index contributed by atoms with van der Waals surface area (Å²) in [7, 11) is 0. The molecule has 0 atom stereocenters. The Hall–Kier alpha value is -1.82. The summed E-state index contributed by atoms with van der Waals surface area (Å²) in [6.07, 6.45) is 5.21. The van der Waals surface area contributed by atoms with Gasteiger partial charge in [0.25, 0.3) is 0 Å². The first kappa shape index (κ1) is 13.6. The Balaban J connectivity index is 2.00.